The Morgan fingerprint density at radius 2 is 2.07 bits per heavy atom. The normalized spacial score (nSPS) is 19.7. The number of aromatic nitrogens is 4. The molecule has 29 heavy (non-hydrogen) atoms. The second-order valence-corrected chi connectivity index (χ2v) is 7.46. The van der Waals surface area contributed by atoms with Gasteiger partial charge in [-0.2, -0.15) is 5.10 Å². The van der Waals surface area contributed by atoms with Crippen molar-refractivity contribution in [2.24, 2.45) is 12.8 Å². The van der Waals surface area contributed by atoms with Gasteiger partial charge in [0.25, 0.3) is 5.91 Å². The molecule has 0 aliphatic carbocycles. The van der Waals surface area contributed by atoms with Crippen molar-refractivity contribution in [3.63, 3.8) is 0 Å². The van der Waals surface area contributed by atoms with E-state index in [2.05, 4.69) is 25.3 Å². The van der Waals surface area contributed by atoms with Gasteiger partial charge in [-0.3, -0.25) is 9.48 Å². The molecule has 1 unspecified atom stereocenters. The second-order valence-electron chi connectivity index (χ2n) is 7.46. The Hall–Kier alpha value is -3.37. The van der Waals surface area contributed by atoms with Crippen molar-refractivity contribution >= 4 is 29.3 Å². The van der Waals surface area contributed by atoms with Crippen molar-refractivity contribution in [3.8, 4) is 0 Å². The summed E-state index contributed by atoms with van der Waals surface area (Å²) in [4.78, 5) is 38.8. The molecule has 3 N–H and O–H groups in total. The number of hydrogen-bond acceptors (Lipinski definition) is 7. The highest BCUT2D eigenvalue weighted by Gasteiger charge is 2.34. The fourth-order valence-corrected chi connectivity index (χ4v) is 3.85. The standard InChI is InChI=1S/C18H25N9O2/c1-24-6-7-27(18(24)29)13-4-3-5-26(11-13)14-9-20-15(16(19)28)17(23-14)22-12-8-21-25(2)10-12/h8-10,13H,3-7,11H2,1-2H3,(H2,19,28)(H,22,23). The first kappa shape index (κ1) is 19.0. The molecule has 1 atom stereocenters. The van der Waals surface area contributed by atoms with Gasteiger partial charge < -0.3 is 25.8 Å². The van der Waals surface area contributed by atoms with Gasteiger partial charge >= 0.3 is 6.03 Å². The summed E-state index contributed by atoms with van der Waals surface area (Å²) in [5.41, 5.74) is 6.23. The smallest absolute Gasteiger partial charge is 0.320 e. The van der Waals surface area contributed by atoms with Crippen molar-refractivity contribution in [2.45, 2.75) is 18.9 Å². The first-order valence-electron chi connectivity index (χ1n) is 9.61. The van der Waals surface area contributed by atoms with Crippen LogP contribution < -0.4 is 16.0 Å². The van der Waals surface area contributed by atoms with E-state index in [0.717, 1.165) is 32.5 Å². The molecule has 2 aliphatic rings. The van der Waals surface area contributed by atoms with Crippen LogP contribution in [0, 0.1) is 0 Å². The minimum absolute atomic E-state index is 0.0718. The third kappa shape index (κ3) is 3.80. The maximum atomic E-state index is 12.4. The highest BCUT2D eigenvalue weighted by molar-refractivity contribution is 5.96. The molecule has 154 valence electrons. The van der Waals surface area contributed by atoms with Crippen LogP contribution in [0.2, 0.25) is 0 Å². The number of aryl methyl sites for hydroxylation is 1. The van der Waals surface area contributed by atoms with Crippen LogP contribution in [-0.4, -0.2) is 80.8 Å². The molecule has 0 radical (unpaired) electrons. The molecule has 0 aromatic carbocycles. The number of carbonyl (C=O) groups is 2. The number of piperidine rings is 1. The van der Waals surface area contributed by atoms with Crippen LogP contribution in [0.5, 0.6) is 0 Å². The van der Waals surface area contributed by atoms with Crippen molar-refractivity contribution in [1.29, 1.82) is 0 Å². The van der Waals surface area contributed by atoms with E-state index in [0.29, 0.717) is 23.9 Å². The Morgan fingerprint density at radius 1 is 1.24 bits per heavy atom. The van der Waals surface area contributed by atoms with Gasteiger partial charge in [0.05, 0.1) is 24.1 Å². The molecule has 2 aromatic rings. The van der Waals surface area contributed by atoms with Crippen LogP contribution in [0.3, 0.4) is 0 Å². The van der Waals surface area contributed by atoms with Crippen molar-refractivity contribution in [1.82, 2.24) is 29.5 Å². The number of likely N-dealkylation sites (N-methyl/N-ethyl adjacent to an activating group) is 1. The number of hydrogen-bond donors (Lipinski definition) is 2. The molecular formula is C18H25N9O2. The number of carbonyl (C=O) groups excluding carboxylic acids is 2. The summed E-state index contributed by atoms with van der Waals surface area (Å²) in [7, 11) is 3.63. The molecule has 4 rings (SSSR count). The maximum Gasteiger partial charge on any atom is 0.320 e. The molecule has 2 saturated heterocycles. The largest absolute Gasteiger partial charge is 0.364 e. The number of urea groups is 1. The van der Waals surface area contributed by atoms with Crippen molar-refractivity contribution < 1.29 is 9.59 Å². The summed E-state index contributed by atoms with van der Waals surface area (Å²) < 4.78 is 1.64. The van der Waals surface area contributed by atoms with Gasteiger partial charge in [-0.1, -0.05) is 0 Å². The Kier molecular flexibility index (Phi) is 4.95. The lowest BCUT2D eigenvalue weighted by molar-refractivity contribution is 0.0996. The first-order chi connectivity index (χ1) is 13.9. The minimum atomic E-state index is -0.655. The van der Waals surface area contributed by atoms with Gasteiger partial charge in [0.15, 0.2) is 11.5 Å². The zero-order valence-corrected chi connectivity index (χ0v) is 16.6. The molecular weight excluding hydrogens is 374 g/mol. The Labute approximate surface area is 168 Å². The van der Waals surface area contributed by atoms with E-state index in [1.165, 1.54) is 0 Å². The lowest BCUT2D eigenvalue weighted by Gasteiger charge is -2.37. The van der Waals surface area contributed by atoms with Crippen LogP contribution in [0.15, 0.2) is 18.6 Å². The number of rotatable bonds is 5. The summed E-state index contributed by atoms with van der Waals surface area (Å²) in [6.45, 7) is 2.98. The molecule has 11 heteroatoms. The SMILES string of the molecule is CN1CCN(C2CCCN(c3cnc(C(N)=O)c(Nc4cnn(C)c4)n3)C2)C1=O. The molecule has 4 heterocycles. The summed E-state index contributed by atoms with van der Waals surface area (Å²) >= 11 is 0. The lowest BCUT2D eigenvalue weighted by atomic mass is 10.0. The van der Waals surface area contributed by atoms with Gasteiger partial charge in [0.1, 0.15) is 5.82 Å². The predicted octanol–water partition coefficient (Wildman–Crippen LogP) is 0.389. The first-order valence-corrected chi connectivity index (χ1v) is 9.61. The third-order valence-electron chi connectivity index (χ3n) is 5.37. The van der Waals surface area contributed by atoms with Crippen LogP contribution in [-0.2, 0) is 7.05 Å². The van der Waals surface area contributed by atoms with Crippen molar-refractivity contribution in [2.75, 3.05) is 43.4 Å². The van der Waals surface area contributed by atoms with E-state index in [9.17, 15) is 9.59 Å². The maximum absolute atomic E-state index is 12.4. The lowest BCUT2D eigenvalue weighted by Crippen LogP contribution is -2.49. The Morgan fingerprint density at radius 3 is 2.72 bits per heavy atom. The average Bonchev–Trinajstić information content (AvgIpc) is 3.27. The fraction of sp³-hybridized carbons (Fsp3) is 0.500. The quantitative estimate of drug-likeness (QED) is 0.745. The van der Waals surface area contributed by atoms with Gasteiger partial charge in [-0.05, 0) is 12.8 Å². The van der Waals surface area contributed by atoms with Gasteiger partial charge in [0.2, 0.25) is 0 Å². The zero-order valence-electron chi connectivity index (χ0n) is 16.6. The monoisotopic (exact) mass is 399 g/mol. The topological polar surface area (TPSA) is 126 Å². The number of nitrogens with two attached hydrogens (primary N) is 1. The summed E-state index contributed by atoms with van der Waals surface area (Å²) in [6.07, 6.45) is 6.87. The summed E-state index contributed by atoms with van der Waals surface area (Å²) in [6, 6.07) is 0.208. The molecule has 0 spiro atoms. The van der Waals surface area contributed by atoms with Crippen molar-refractivity contribution in [3.05, 3.63) is 24.3 Å². The fourth-order valence-electron chi connectivity index (χ4n) is 3.85. The van der Waals surface area contributed by atoms with E-state index in [1.54, 1.807) is 35.2 Å². The van der Waals surface area contributed by atoms with Gasteiger partial charge in [0, 0.05) is 46.5 Å². The Balaban J connectivity index is 1.56. The van der Waals surface area contributed by atoms with E-state index in [4.69, 9.17) is 5.73 Å². The van der Waals surface area contributed by atoms with E-state index in [-0.39, 0.29) is 17.8 Å². The summed E-state index contributed by atoms with van der Waals surface area (Å²) in [5.74, 6) is 0.283. The highest BCUT2D eigenvalue weighted by Crippen LogP contribution is 2.26. The van der Waals surface area contributed by atoms with E-state index >= 15 is 0 Å². The predicted molar refractivity (Wildman–Crippen MR) is 107 cm³/mol. The van der Waals surface area contributed by atoms with Gasteiger partial charge in [-0.25, -0.2) is 14.8 Å². The molecule has 11 nitrogen and oxygen atoms in total. The van der Waals surface area contributed by atoms with Crippen LogP contribution in [0.4, 0.5) is 22.1 Å². The van der Waals surface area contributed by atoms with Gasteiger partial charge in [-0.15, -0.1) is 0 Å². The van der Waals surface area contributed by atoms with E-state index < -0.39 is 5.91 Å². The third-order valence-corrected chi connectivity index (χ3v) is 5.37. The van der Waals surface area contributed by atoms with Crippen LogP contribution in [0.1, 0.15) is 23.3 Å². The minimum Gasteiger partial charge on any atom is -0.364 e. The molecule has 0 saturated carbocycles. The van der Waals surface area contributed by atoms with Crippen LogP contribution >= 0.6 is 0 Å². The van der Waals surface area contributed by atoms with Crippen LogP contribution in [0.25, 0.3) is 0 Å². The number of nitrogens with one attached hydrogen (secondary N) is 1. The summed E-state index contributed by atoms with van der Waals surface area (Å²) in [5, 5.41) is 7.18. The molecule has 2 aliphatic heterocycles. The zero-order chi connectivity index (χ0) is 20.5. The Bertz CT molecular complexity index is 928. The number of nitrogens with zero attached hydrogens (tertiary/aromatic N) is 7. The van der Waals surface area contributed by atoms with E-state index in [1.807, 2.05) is 11.9 Å². The molecule has 0 bridgehead atoms. The molecule has 2 fully saturated rings. The molecule has 3 amide bonds. The number of anilines is 3. The number of primary amides is 1. The second kappa shape index (κ2) is 7.57. The highest BCUT2D eigenvalue weighted by atomic mass is 16.2. The molecule has 2 aromatic heterocycles. The number of amides is 3. The average molecular weight is 399 g/mol.